The summed E-state index contributed by atoms with van der Waals surface area (Å²) in [6.45, 7) is 0.420. The van der Waals surface area contributed by atoms with Crippen molar-refractivity contribution in [2.45, 2.75) is 25.8 Å². The van der Waals surface area contributed by atoms with Gasteiger partial charge in [0.05, 0.1) is 12.2 Å². The van der Waals surface area contributed by atoms with E-state index in [0.29, 0.717) is 11.7 Å². The van der Waals surface area contributed by atoms with Crippen LogP contribution in [0.15, 0.2) is 23.6 Å². The highest BCUT2D eigenvalue weighted by molar-refractivity contribution is 7.13. The van der Waals surface area contributed by atoms with E-state index in [4.69, 9.17) is 5.73 Å². The van der Waals surface area contributed by atoms with Gasteiger partial charge in [-0.05, 0) is 42.5 Å². The van der Waals surface area contributed by atoms with Crippen molar-refractivity contribution < 1.29 is 4.79 Å². The summed E-state index contributed by atoms with van der Waals surface area (Å²) in [6, 6.07) is 5.97. The van der Waals surface area contributed by atoms with Gasteiger partial charge in [0.15, 0.2) is 5.13 Å². The number of thiazole rings is 1. The van der Waals surface area contributed by atoms with E-state index in [2.05, 4.69) is 16.4 Å². The van der Waals surface area contributed by atoms with E-state index in [0.717, 1.165) is 24.1 Å². The number of hydrogen-bond acceptors (Lipinski definition) is 4. The highest BCUT2D eigenvalue weighted by Crippen LogP contribution is 2.22. The van der Waals surface area contributed by atoms with E-state index >= 15 is 0 Å². The van der Waals surface area contributed by atoms with Crippen molar-refractivity contribution in [3.05, 3.63) is 46.0 Å². The second kappa shape index (κ2) is 5.01. The predicted octanol–water partition coefficient (Wildman–Crippen LogP) is 2.14. The topological polar surface area (TPSA) is 68.0 Å². The van der Waals surface area contributed by atoms with E-state index < -0.39 is 0 Å². The zero-order valence-electron chi connectivity index (χ0n) is 10.5. The van der Waals surface area contributed by atoms with Crippen LogP contribution in [0.25, 0.3) is 0 Å². The fraction of sp³-hybridized carbons (Fsp3) is 0.286. The first-order chi connectivity index (χ1) is 9.22. The number of rotatable bonds is 3. The third-order valence-corrected chi connectivity index (χ3v) is 4.08. The Kier molecular flexibility index (Phi) is 3.21. The molecule has 1 aromatic heterocycles. The number of aryl methyl sites for hydroxylation is 2. The number of nitrogen functional groups attached to an aromatic ring is 1. The lowest BCUT2D eigenvalue weighted by atomic mass is 10.1. The van der Waals surface area contributed by atoms with Crippen molar-refractivity contribution in [2.75, 3.05) is 5.73 Å². The number of amides is 1. The first-order valence-corrected chi connectivity index (χ1v) is 7.20. The number of carbonyl (C=O) groups is 1. The normalized spacial score (nSPS) is 13.3. The van der Waals surface area contributed by atoms with E-state index in [9.17, 15) is 4.79 Å². The molecule has 4 nitrogen and oxygen atoms in total. The van der Waals surface area contributed by atoms with Gasteiger partial charge in [-0.2, -0.15) is 0 Å². The summed E-state index contributed by atoms with van der Waals surface area (Å²) in [7, 11) is 0. The maximum Gasteiger partial charge on any atom is 0.251 e. The number of fused-ring (bicyclic) bond motifs is 1. The molecule has 0 fully saturated rings. The van der Waals surface area contributed by atoms with E-state index in [-0.39, 0.29) is 5.91 Å². The van der Waals surface area contributed by atoms with Crippen LogP contribution in [0.3, 0.4) is 0 Å². The molecule has 1 amide bonds. The van der Waals surface area contributed by atoms with Gasteiger partial charge in [0.25, 0.3) is 5.91 Å². The highest BCUT2D eigenvalue weighted by Gasteiger charge is 2.13. The van der Waals surface area contributed by atoms with Crippen molar-refractivity contribution >= 4 is 22.4 Å². The van der Waals surface area contributed by atoms with Gasteiger partial charge < -0.3 is 11.1 Å². The predicted molar refractivity (Wildman–Crippen MR) is 76.2 cm³/mol. The average Bonchev–Trinajstić information content (AvgIpc) is 3.03. The zero-order chi connectivity index (χ0) is 13.2. The lowest BCUT2D eigenvalue weighted by molar-refractivity contribution is 0.0950. The molecule has 2 aromatic rings. The third-order valence-electron chi connectivity index (χ3n) is 3.36. The van der Waals surface area contributed by atoms with E-state index in [1.165, 1.54) is 28.9 Å². The Morgan fingerprint density at radius 3 is 3.00 bits per heavy atom. The van der Waals surface area contributed by atoms with Crippen molar-refractivity contribution in [1.82, 2.24) is 10.3 Å². The van der Waals surface area contributed by atoms with Crippen molar-refractivity contribution in [3.63, 3.8) is 0 Å². The van der Waals surface area contributed by atoms with Crippen LogP contribution in [0, 0.1) is 0 Å². The molecule has 19 heavy (non-hydrogen) atoms. The third kappa shape index (κ3) is 2.61. The number of hydrogen-bond donors (Lipinski definition) is 2. The van der Waals surface area contributed by atoms with Gasteiger partial charge in [-0.15, -0.1) is 11.3 Å². The summed E-state index contributed by atoms with van der Waals surface area (Å²) >= 11 is 1.38. The number of nitrogens with one attached hydrogen (secondary N) is 1. The van der Waals surface area contributed by atoms with Crippen LogP contribution in [0.4, 0.5) is 5.13 Å². The van der Waals surface area contributed by atoms with Crippen LogP contribution in [0.2, 0.25) is 0 Å². The lowest BCUT2D eigenvalue weighted by Crippen LogP contribution is -2.23. The number of aromatic nitrogens is 1. The largest absolute Gasteiger partial charge is 0.375 e. The first kappa shape index (κ1) is 12.2. The molecule has 0 atom stereocenters. The molecule has 0 saturated heterocycles. The minimum absolute atomic E-state index is 0.0544. The minimum atomic E-state index is -0.0544. The molecule has 0 spiro atoms. The second-order valence-corrected chi connectivity index (χ2v) is 5.59. The minimum Gasteiger partial charge on any atom is -0.375 e. The molecule has 0 unspecified atom stereocenters. The summed E-state index contributed by atoms with van der Waals surface area (Å²) in [5.41, 5.74) is 9.77. The summed E-state index contributed by atoms with van der Waals surface area (Å²) in [6.07, 6.45) is 3.41. The summed E-state index contributed by atoms with van der Waals surface area (Å²) in [4.78, 5) is 16.2. The molecule has 3 rings (SSSR count). The van der Waals surface area contributed by atoms with Gasteiger partial charge in [-0.1, -0.05) is 6.07 Å². The van der Waals surface area contributed by atoms with Gasteiger partial charge in [-0.3, -0.25) is 4.79 Å². The Hall–Kier alpha value is -1.88. The molecular formula is C14H15N3OS. The van der Waals surface area contributed by atoms with E-state index in [1.54, 1.807) is 0 Å². The average molecular weight is 273 g/mol. The van der Waals surface area contributed by atoms with Crippen LogP contribution in [0.5, 0.6) is 0 Å². The molecule has 98 valence electrons. The number of benzene rings is 1. The molecular weight excluding hydrogens is 258 g/mol. The summed E-state index contributed by atoms with van der Waals surface area (Å²) in [5.74, 6) is -0.0544. The van der Waals surface area contributed by atoms with Gasteiger partial charge in [0.1, 0.15) is 0 Å². The van der Waals surface area contributed by atoms with Gasteiger partial charge in [-0.25, -0.2) is 4.98 Å². The van der Waals surface area contributed by atoms with E-state index in [1.807, 2.05) is 17.5 Å². The molecule has 1 aliphatic rings. The first-order valence-electron chi connectivity index (χ1n) is 6.32. The Bertz CT molecular complexity index is 621. The van der Waals surface area contributed by atoms with Crippen LogP contribution >= 0.6 is 11.3 Å². The molecule has 5 heteroatoms. The van der Waals surface area contributed by atoms with Crippen molar-refractivity contribution in [3.8, 4) is 0 Å². The standard InChI is InChI=1S/C14H15N3OS/c15-14-17-12(8-19-14)7-16-13(18)11-5-4-9-2-1-3-10(9)6-11/h4-6,8H,1-3,7H2,(H2,15,17)(H,16,18). The molecule has 1 aliphatic carbocycles. The number of nitrogens with two attached hydrogens (primary N) is 1. The molecule has 3 N–H and O–H groups in total. The van der Waals surface area contributed by atoms with Crippen LogP contribution in [-0.2, 0) is 19.4 Å². The summed E-state index contributed by atoms with van der Waals surface area (Å²) < 4.78 is 0. The zero-order valence-corrected chi connectivity index (χ0v) is 11.3. The van der Waals surface area contributed by atoms with Crippen LogP contribution in [0.1, 0.15) is 33.6 Å². The lowest BCUT2D eigenvalue weighted by Gasteiger charge is -2.05. The maximum atomic E-state index is 12.1. The molecule has 1 aromatic carbocycles. The SMILES string of the molecule is Nc1nc(CNC(=O)c2ccc3c(c2)CCC3)cs1. The number of carbonyl (C=O) groups excluding carboxylic acids is 1. The second-order valence-electron chi connectivity index (χ2n) is 4.70. The summed E-state index contributed by atoms with van der Waals surface area (Å²) in [5, 5.41) is 5.26. The van der Waals surface area contributed by atoms with Crippen molar-refractivity contribution in [2.24, 2.45) is 0 Å². The maximum absolute atomic E-state index is 12.1. The molecule has 1 heterocycles. The van der Waals surface area contributed by atoms with Gasteiger partial charge in [0, 0.05) is 10.9 Å². The quantitative estimate of drug-likeness (QED) is 0.900. The molecule has 0 aliphatic heterocycles. The van der Waals surface area contributed by atoms with Gasteiger partial charge in [0.2, 0.25) is 0 Å². The fourth-order valence-corrected chi connectivity index (χ4v) is 2.95. The van der Waals surface area contributed by atoms with Crippen molar-refractivity contribution in [1.29, 1.82) is 0 Å². The number of anilines is 1. The Labute approximate surface area is 115 Å². The van der Waals surface area contributed by atoms with Crippen LogP contribution < -0.4 is 11.1 Å². The Morgan fingerprint density at radius 1 is 1.37 bits per heavy atom. The highest BCUT2D eigenvalue weighted by atomic mass is 32.1. The number of nitrogens with zero attached hydrogens (tertiary/aromatic N) is 1. The fourth-order valence-electron chi connectivity index (χ4n) is 2.39. The smallest absolute Gasteiger partial charge is 0.251 e. The Morgan fingerprint density at radius 2 is 2.21 bits per heavy atom. The monoisotopic (exact) mass is 273 g/mol. The molecule has 0 radical (unpaired) electrons. The van der Waals surface area contributed by atoms with Crippen LogP contribution in [-0.4, -0.2) is 10.9 Å². The Balaban J connectivity index is 1.67. The van der Waals surface area contributed by atoms with Gasteiger partial charge >= 0.3 is 0 Å². The molecule has 0 bridgehead atoms. The molecule has 0 saturated carbocycles.